The molecule has 5 heteroatoms. The molecule has 0 aliphatic heterocycles. The molecule has 0 aliphatic rings. The molecule has 0 saturated heterocycles. The number of imidazole rings is 1. The molecule has 4 nitrogen and oxygen atoms in total. The largest absolute Gasteiger partial charge is 0.352 e. The van der Waals surface area contributed by atoms with Crippen LogP contribution >= 0.6 is 0 Å². The van der Waals surface area contributed by atoms with Crippen LogP contribution in [0.3, 0.4) is 0 Å². The van der Waals surface area contributed by atoms with Gasteiger partial charge in [-0.05, 0) is 55.7 Å². The van der Waals surface area contributed by atoms with E-state index in [4.69, 9.17) is 4.98 Å². The zero-order valence-electron chi connectivity index (χ0n) is 17.4. The summed E-state index contributed by atoms with van der Waals surface area (Å²) in [5, 5.41) is 2.84. The number of benzene rings is 2. The number of halogens is 1. The highest BCUT2D eigenvalue weighted by Crippen LogP contribution is 2.28. The fraction of sp³-hybridized carbons (Fsp3) is 0.200. The van der Waals surface area contributed by atoms with Crippen molar-refractivity contribution in [1.29, 1.82) is 0 Å². The summed E-state index contributed by atoms with van der Waals surface area (Å²) in [4.78, 5) is 17.6. The number of rotatable bonds is 5. The fourth-order valence-corrected chi connectivity index (χ4v) is 3.59. The van der Waals surface area contributed by atoms with E-state index in [2.05, 4.69) is 31.3 Å². The fourth-order valence-electron chi connectivity index (χ4n) is 3.59. The Morgan fingerprint density at radius 2 is 1.80 bits per heavy atom. The molecule has 152 valence electrons. The third-order valence-electron chi connectivity index (χ3n) is 5.49. The van der Waals surface area contributed by atoms with Gasteiger partial charge < -0.3 is 9.72 Å². The van der Waals surface area contributed by atoms with Crippen LogP contribution in [0.15, 0.2) is 60.8 Å². The second-order valence-electron chi connectivity index (χ2n) is 7.64. The van der Waals surface area contributed by atoms with Gasteiger partial charge in [0.25, 0.3) is 0 Å². The van der Waals surface area contributed by atoms with Crippen LogP contribution in [-0.4, -0.2) is 15.3 Å². The quantitative estimate of drug-likeness (QED) is 0.516. The van der Waals surface area contributed by atoms with Gasteiger partial charge in [0.15, 0.2) is 0 Å². The van der Waals surface area contributed by atoms with Crippen LogP contribution in [0.1, 0.15) is 27.9 Å². The number of pyridine rings is 1. The number of nitrogens with one attached hydrogen (secondary N) is 1. The van der Waals surface area contributed by atoms with Crippen molar-refractivity contribution in [2.75, 3.05) is 0 Å². The van der Waals surface area contributed by atoms with Gasteiger partial charge in [0.2, 0.25) is 5.91 Å². The number of carbonyl (C=O) groups is 1. The molecular weight excluding hydrogens is 377 g/mol. The van der Waals surface area contributed by atoms with E-state index in [1.165, 1.54) is 17.2 Å². The summed E-state index contributed by atoms with van der Waals surface area (Å²) in [5.41, 5.74) is 7.34. The standard InChI is InChI=1S/C25H24FN3O/c1-16-10-11-19(13-18(16)3)24-22(29-12-6-7-17(2)25(29)28-24)14-23(30)27-15-20-8-4-5-9-21(20)26/h4-13H,14-15H2,1-3H3,(H,27,30). The molecule has 4 rings (SSSR count). The maximum absolute atomic E-state index is 13.9. The number of amides is 1. The molecule has 0 atom stereocenters. The molecule has 2 aromatic heterocycles. The van der Waals surface area contributed by atoms with Crippen molar-refractivity contribution in [3.8, 4) is 11.3 Å². The first-order valence-electron chi connectivity index (χ1n) is 9.98. The molecule has 0 radical (unpaired) electrons. The van der Waals surface area contributed by atoms with Crippen molar-refractivity contribution < 1.29 is 9.18 Å². The number of hydrogen-bond donors (Lipinski definition) is 1. The van der Waals surface area contributed by atoms with E-state index >= 15 is 0 Å². The monoisotopic (exact) mass is 401 g/mol. The first kappa shape index (κ1) is 19.8. The van der Waals surface area contributed by atoms with Gasteiger partial charge >= 0.3 is 0 Å². The smallest absolute Gasteiger partial charge is 0.226 e. The van der Waals surface area contributed by atoms with E-state index in [0.29, 0.717) is 5.56 Å². The summed E-state index contributed by atoms with van der Waals surface area (Å²) < 4.78 is 15.8. The highest BCUT2D eigenvalue weighted by atomic mass is 19.1. The lowest BCUT2D eigenvalue weighted by atomic mass is 10.0. The van der Waals surface area contributed by atoms with E-state index in [1.807, 2.05) is 35.7 Å². The molecule has 0 bridgehead atoms. The number of aryl methyl sites for hydroxylation is 3. The number of nitrogens with zero attached hydrogens (tertiary/aromatic N) is 2. The summed E-state index contributed by atoms with van der Waals surface area (Å²) in [7, 11) is 0. The number of hydrogen-bond acceptors (Lipinski definition) is 2. The van der Waals surface area contributed by atoms with Gasteiger partial charge in [0, 0.05) is 23.9 Å². The Hall–Kier alpha value is -3.47. The van der Waals surface area contributed by atoms with Gasteiger partial charge in [0.05, 0.1) is 17.8 Å². The van der Waals surface area contributed by atoms with Gasteiger partial charge in [-0.2, -0.15) is 0 Å². The van der Waals surface area contributed by atoms with Gasteiger partial charge in [-0.3, -0.25) is 4.79 Å². The summed E-state index contributed by atoms with van der Waals surface area (Å²) in [6.07, 6.45) is 2.08. The second-order valence-corrected chi connectivity index (χ2v) is 7.64. The first-order valence-corrected chi connectivity index (χ1v) is 9.98. The summed E-state index contributed by atoms with van der Waals surface area (Å²) in [5.74, 6) is -0.495. The zero-order valence-corrected chi connectivity index (χ0v) is 17.4. The van der Waals surface area contributed by atoms with Crippen LogP contribution < -0.4 is 5.32 Å². The van der Waals surface area contributed by atoms with Gasteiger partial charge in [0.1, 0.15) is 11.5 Å². The maximum atomic E-state index is 13.9. The van der Waals surface area contributed by atoms with Crippen molar-refractivity contribution in [2.45, 2.75) is 33.7 Å². The average molecular weight is 401 g/mol. The van der Waals surface area contributed by atoms with Crippen molar-refractivity contribution >= 4 is 11.6 Å². The third kappa shape index (κ3) is 3.83. The summed E-state index contributed by atoms with van der Waals surface area (Å²) >= 11 is 0. The molecule has 2 heterocycles. The van der Waals surface area contributed by atoms with E-state index in [-0.39, 0.29) is 24.7 Å². The van der Waals surface area contributed by atoms with Crippen LogP contribution in [0.4, 0.5) is 4.39 Å². The number of aromatic nitrogens is 2. The molecule has 0 unspecified atom stereocenters. The van der Waals surface area contributed by atoms with Crippen LogP contribution in [0.2, 0.25) is 0 Å². The molecule has 30 heavy (non-hydrogen) atoms. The van der Waals surface area contributed by atoms with Crippen LogP contribution in [0, 0.1) is 26.6 Å². The molecule has 1 amide bonds. The Balaban J connectivity index is 1.68. The van der Waals surface area contributed by atoms with E-state index < -0.39 is 0 Å². The lowest BCUT2D eigenvalue weighted by molar-refractivity contribution is -0.120. The second kappa shape index (κ2) is 8.11. The zero-order chi connectivity index (χ0) is 21.3. The summed E-state index contributed by atoms with van der Waals surface area (Å²) in [6.45, 7) is 6.31. The Labute approximate surface area is 175 Å². The Morgan fingerprint density at radius 1 is 1.00 bits per heavy atom. The topological polar surface area (TPSA) is 46.4 Å². The molecule has 0 aliphatic carbocycles. The minimum absolute atomic E-state index is 0.153. The number of carbonyl (C=O) groups excluding carboxylic acids is 1. The van der Waals surface area contributed by atoms with Crippen molar-refractivity contribution in [3.05, 3.63) is 94.6 Å². The van der Waals surface area contributed by atoms with E-state index in [1.54, 1.807) is 18.2 Å². The molecule has 0 fully saturated rings. The Morgan fingerprint density at radius 3 is 2.57 bits per heavy atom. The van der Waals surface area contributed by atoms with Crippen LogP contribution in [0.25, 0.3) is 16.9 Å². The molecular formula is C25H24FN3O. The predicted octanol–water partition coefficient (Wildman–Crippen LogP) is 4.92. The SMILES string of the molecule is Cc1ccc(-c2nc3c(C)cccn3c2CC(=O)NCc2ccccc2F)cc1C. The molecule has 0 saturated carbocycles. The van der Waals surface area contributed by atoms with Crippen molar-refractivity contribution in [2.24, 2.45) is 0 Å². The maximum Gasteiger partial charge on any atom is 0.226 e. The Kier molecular flexibility index (Phi) is 5.36. The minimum Gasteiger partial charge on any atom is -0.352 e. The van der Waals surface area contributed by atoms with Crippen LogP contribution in [0.5, 0.6) is 0 Å². The first-order chi connectivity index (χ1) is 14.4. The normalized spacial score (nSPS) is 11.1. The van der Waals surface area contributed by atoms with Gasteiger partial charge in [-0.25, -0.2) is 9.37 Å². The van der Waals surface area contributed by atoms with Crippen molar-refractivity contribution in [3.63, 3.8) is 0 Å². The molecule has 1 N–H and O–H groups in total. The number of fused-ring (bicyclic) bond motifs is 1. The molecule has 2 aromatic carbocycles. The Bertz CT molecular complexity index is 1240. The summed E-state index contributed by atoms with van der Waals surface area (Å²) in [6, 6.07) is 16.6. The van der Waals surface area contributed by atoms with Crippen molar-refractivity contribution in [1.82, 2.24) is 14.7 Å². The highest BCUT2D eigenvalue weighted by molar-refractivity contribution is 5.82. The third-order valence-corrected chi connectivity index (χ3v) is 5.49. The van der Waals surface area contributed by atoms with E-state index in [0.717, 1.165) is 28.2 Å². The average Bonchev–Trinajstić information content (AvgIpc) is 3.09. The minimum atomic E-state index is -0.320. The lowest BCUT2D eigenvalue weighted by Crippen LogP contribution is -2.25. The van der Waals surface area contributed by atoms with Crippen LogP contribution in [-0.2, 0) is 17.8 Å². The highest BCUT2D eigenvalue weighted by Gasteiger charge is 2.18. The van der Waals surface area contributed by atoms with Gasteiger partial charge in [-0.15, -0.1) is 0 Å². The predicted molar refractivity (Wildman–Crippen MR) is 117 cm³/mol. The van der Waals surface area contributed by atoms with E-state index in [9.17, 15) is 9.18 Å². The molecule has 0 spiro atoms. The van der Waals surface area contributed by atoms with Gasteiger partial charge in [-0.1, -0.05) is 36.4 Å². The molecule has 4 aromatic rings. The lowest BCUT2D eigenvalue weighted by Gasteiger charge is -2.09.